The third-order valence-corrected chi connectivity index (χ3v) is 5.82. The highest BCUT2D eigenvalue weighted by molar-refractivity contribution is 7.20. The number of nitrogens with one attached hydrogen (secondary N) is 1. The van der Waals surface area contributed by atoms with Gasteiger partial charge >= 0.3 is 0 Å². The number of hydrogen-bond donors (Lipinski definition) is 1. The monoisotopic (exact) mass is 404 g/mol. The van der Waals surface area contributed by atoms with Crippen LogP contribution in [0.15, 0.2) is 48.9 Å². The van der Waals surface area contributed by atoms with Crippen LogP contribution in [0.4, 0.5) is 16.5 Å². The Morgan fingerprint density at radius 1 is 1.24 bits per heavy atom. The molecule has 1 aliphatic rings. The zero-order chi connectivity index (χ0) is 19.8. The molecule has 4 aromatic rings. The Balaban J connectivity index is 1.38. The van der Waals surface area contributed by atoms with E-state index < -0.39 is 0 Å². The first-order valence-corrected chi connectivity index (χ1v) is 10.5. The Labute approximate surface area is 172 Å². The van der Waals surface area contributed by atoms with Crippen molar-refractivity contribution in [2.75, 3.05) is 16.8 Å². The summed E-state index contributed by atoms with van der Waals surface area (Å²) in [5, 5.41) is 8.76. The second-order valence-corrected chi connectivity index (χ2v) is 7.97. The molecule has 1 N–H and O–H groups in total. The minimum absolute atomic E-state index is 0.214. The lowest BCUT2D eigenvalue weighted by atomic mass is 10.00. The number of amides is 1. The Bertz CT molecular complexity index is 1150. The highest BCUT2D eigenvalue weighted by Crippen LogP contribution is 2.32. The fourth-order valence-electron chi connectivity index (χ4n) is 3.63. The first kappa shape index (κ1) is 17.8. The van der Waals surface area contributed by atoms with Gasteiger partial charge in [-0.2, -0.15) is 0 Å². The van der Waals surface area contributed by atoms with E-state index in [0.29, 0.717) is 6.42 Å². The van der Waals surface area contributed by atoms with Gasteiger partial charge in [-0.3, -0.25) is 9.78 Å². The van der Waals surface area contributed by atoms with E-state index in [4.69, 9.17) is 0 Å². The van der Waals surface area contributed by atoms with E-state index in [1.54, 1.807) is 16.9 Å². The maximum Gasteiger partial charge on any atom is 0.227 e. The molecule has 0 fully saturated rings. The van der Waals surface area contributed by atoms with Gasteiger partial charge in [-0.05, 0) is 48.7 Å². The van der Waals surface area contributed by atoms with Gasteiger partial charge in [0.05, 0.1) is 11.9 Å². The van der Waals surface area contributed by atoms with Crippen LogP contribution in [0.1, 0.15) is 25.3 Å². The molecule has 146 valence electrons. The number of pyridine rings is 1. The standard InChI is InChI=1S/C21H20N6OS/c1-2-10-26-18-7-6-16(11-14(18)5-8-19(26)28)23-20-25-27-13-17(24-21(27)29-20)15-4-3-9-22-12-15/h3-4,6-7,9,11-13H,2,5,8,10H2,1H3,(H,23,25). The van der Waals surface area contributed by atoms with Crippen LogP contribution in [0.5, 0.6) is 0 Å². The van der Waals surface area contributed by atoms with Gasteiger partial charge in [-0.15, -0.1) is 5.10 Å². The number of hydrogen-bond acceptors (Lipinski definition) is 6. The number of rotatable bonds is 5. The number of anilines is 3. The number of aryl methyl sites for hydroxylation is 1. The quantitative estimate of drug-likeness (QED) is 0.537. The number of fused-ring (bicyclic) bond motifs is 2. The van der Waals surface area contributed by atoms with Gasteiger partial charge in [0.15, 0.2) is 0 Å². The summed E-state index contributed by atoms with van der Waals surface area (Å²) in [7, 11) is 0. The number of benzene rings is 1. The van der Waals surface area contributed by atoms with Gasteiger partial charge in [0, 0.05) is 42.3 Å². The van der Waals surface area contributed by atoms with Crippen molar-refractivity contribution in [3.05, 3.63) is 54.5 Å². The molecule has 29 heavy (non-hydrogen) atoms. The largest absolute Gasteiger partial charge is 0.330 e. The normalized spacial score (nSPS) is 13.7. The third kappa shape index (κ3) is 3.36. The van der Waals surface area contributed by atoms with E-state index in [0.717, 1.165) is 52.1 Å². The summed E-state index contributed by atoms with van der Waals surface area (Å²) in [5.74, 6) is 0.214. The topological polar surface area (TPSA) is 75.4 Å². The second-order valence-electron chi connectivity index (χ2n) is 7.02. The number of aromatic nitrogens is 4. The van der Waals surface area contributed by atoms with Crippen molar-refractivity contribution >= 4 is 38.7 Å². The fourth-order valence-corrected chi connectivity index (χ4v) is 4.44. The molecular formula is C21H20N6OS. The van der Waals surface area contributed by atoms with Crippen LogP contribution in [0.2, 0.25) is 0 Å². The molecule has 0 aliphatic carbocycles. The molecule has 0 unspecified atom stereocenters. The predicted molar refractivity (Wildman–Crippen MR) is 115 cm³/mol. The molecule has 4 heterocycles. The number of carbonyl (C=O) groups is 1. The van der Waals surface area contributed by atoms with Crippen molar-refractivity contribution in [1.29, 1.82) is 0 Å². The Morgan fingerprint density at radius 2 is 2.17 bits per heavy atom. The van der Waals surface area contributed by atoms with Gasteiger partial charge in [0.2, 0.25) is 16.0 Å². The van der Waals surface area contributed by atoms with Crippen molar-refractivity contribution in [1.82, 2.24) is 19.6 Å². The van der Waals surface area contributed by atoms with Crippen molar-refractivity contribution in [3.63, 3.8) is 0 Å². The fraction of sp³-hybridized carbons (Fsp3) is 0.238. The van der Waals surface area contributed by atoms with E-state index in [1.165, 1.54) is 16.9 Å². The first-order valence-electron chi connectivity index (χ1n) is 9.68. The lowest BCUT2D eigenvalue weighted by Crippen LogP contribution is -2.35. The molecule has 8 heteroatoms. The van der Waals surface area contributed by atoms with E-state index >= 15 is 0 Å². The molecule has 7 nitrogen and oxygen atoms in total. The SMILES string of the molecule is CCCN1C(=O)CCc2cc(Nc3nn4cc(-c5cccnc5)nc4s3)ccc21. The van der Waals surface area contributed by atoms with E-state index in [2.05, 4.69) is 33.4 Å². The van der Waals surface area contributed by atoms with Crippen LogP contribution in [0.25, 0.3) is 16.2 Å². The Kier molecular flexibility index (Phi) is 4.48. The van der Waals surface area contributed by atoms with Crippen molar-refractivity contribution in [2.45, 2.75) is 26.2 Å². The van der Waals surface area contributed by atoms with E-state index in [9.17, 15) is 4.79 Å². The Morgan fingerprint density at radius 3 is 2.97 bits per heavy atom. The van der Waals surface area contributed by atoms with E-state index in [1.807, 2.05) is 35.4 Å². The molecule has 0 saturated carbocycles. The predicted octanol–water partition coefficient (Wildman–Crippen LogP) is 4.29. The summed E-state index contributed by atoms with van der Waals surface area (Å²) in [6, 6.07) is 10.0. The molecule has 1 amide bonds. The van der Waals surface area contributed by atoms with Crippen LogP contribution < -0.4 is 10.2 Å². The summed E-state index contributed by atoms with van der Waals surface area (Å²) >= 11 is 1.50. The van der Waals surface area contributed by atoms with Crippen LogP contribution in [-0.2, 0) is 11.2 Å². The molecule has 5 rings (SSSR count). The number of imidazole rings is 1. The average molecular weight is 404 g/mol. The number of carbonyl (C=O) groups excluding carboxylic acids is 1. The molecule has 1 aliphatic heterocycles. The minimum atomic E-state index is 0.214. The molecule has 0 radical (unpaired) electrons. The maximum absolute atomic E-state index is 12.2. The Hall–Kier alpha value is -3.26. The summed E-state index contributed by atoms with van der Waals surface area (Å²) in [6.45, 7) is 2.86. The van der Waals surface area contributed by atoms with Crippen LogP contribution in [-0.4, -0.2) is 32.0 Å². The highest BCUT2D eigenvalue weighted by Gasteiger charge is 2.23. The van der Waals surface area contributed by atoms with Gasteiger partial charge in [-0.25, -0.2) is 9.50 Å². The lowest BCUT2D eigenvalue weighted by molar-refractivity contribution is -0.118. The van der Waals surface area contributed by atoms with E-state index in [-0.39, 0.29) is 5.91 Å². The highest BCUT2D eigenvalue weighted by atomic mass is 32.1. The van der Waals surface area contributed by atoms with Gasteiger partial charge < -0.3 is 10.2 Å². The molecule has 0 saturated heterocycles. The summed E-state index contributed by atoms with van der Waals surface area (Å²) in [5.41, 5.74) is 5.03. The van der Waals surface area contributed by atoms with Gasteiger partial charge in [-0.1, -0.05) is 18.3 Å². The first-order chi connectivity index (χ1) is 14.2. The molecular weight excluding hydrogens is 384 g/mol. The van der Waals surface area contributed by atoms with Crippen molar-refractivity contribution < 1.29 is 4.79 Å². The summed E-state index contributed by atoms with van der Waals surface area (Å²) in [4.78, 5) is 23.7. The lowest BCUT2D eigenvalue weighted by Gasteiger charge is -2.29. The van der Waals surface area contributed by atoms with Gasteiger partial charge in [0.25, 0.3) is 0 Å². The molecule has 0 bridgehead atoms. The maximum atomic E-state index is 12.2. The van der Waals surface area contributed by atoms with Crippen LogP contribution in [0, 0.1) is 0 Å². The second kappa shape index (κ2) is 7.29. The average Bonchev–Trinajstić information content (AvgIpc) is 3.29. The molecule has 0 spiro atoms. The van der Waals surface area contributed by atoms with Crippen LogP contribution in [0.3, 0.4) is 0 Å². The van der Waals surface area contributed by atoms with Crippen molar-refractivity contribution in [2.24, 2.45) is 0 Å². The summed E-state index contributed by atoms with van der Waals surface area (Å²) in [6.07, 6.45) is 7.75. The smallest absolute Gasteiger partial charge is 0.227 e. The van der Waals surface area contributed by atoms with Crippen LogP contribution >= 0.6 is 11.3 Å². The van der Waals surface area contributed by atoms with Gasteiger partial charge in [0.1, 0.15) is 0 Å². The molecule has 1 aromatic carbocycles. The van der Waals surface area contributed by atoms with Crippen molar-refractivity contribution in [3.8, 4) is 11.3 Å². The zero-order valence-corrected chi connectivity index (χ0v) is 16.8. The molecule has 0 atom stereocenters. The zero-order valence-electron chi connectivity index (χ0n) is 16.0. The third-order valence-electron chi connectivity index (χ3n) is 4.98. The minimum Gasteiger partial charge on any atom is -0.330 e. The molecule has 3 aromatic heterocycles. The summed E-state index contributed by atoms with van der Waals surface area (Å²) < 4.78 is 1.79. The number of nitrogens with zero attached hydrogens (tertiary/aromatic N) is 5.